The highest BCUT2D eigenvalue weighted by molar-refractivity contribution is 5.20. The van der Waals surface area contributed by atoms with Crippen molar-refractivity contribution in [3.63, 3.8) is 0 Å². The second kappa shape index (κ2) is 3.93. The Bertz CT molecular complexity index is 188. The van der Waals surface area contributed by atoms with Gasteiger partial charge in [0.1, 0.15) is 0 Å². The molecule has 12 heavy (non-hydrogen) atoms. The number of allylic oxidation sites excluding steroid dienone is 4. The van der Waals surface area contributed by atoms with Gasteiger partial charge in [-0.15, -0.1) is 0 Å². The molecule has 0 heterocycles. The third kappa shape index (κ3) is 2.00. The molecular formula is C12H19. The van der Waals surface area contributed by atoms with Gasteiger partial charge < -0.3 is 0 Å². The molecule has 0 aliphatic heterocycles. The SMILES string of the molecule is [CH2]C1(CCCC)C=CC=CC1C. The maximum absolute atomic E-state index is 4.31. The van der Waals surface area contributed by atoms with Crippen LogP contribution in [0.2, 0.25) is 0 Å². The van der Waals surface area contributed by atoms with Crippen molar-refractivity contribution >= 4 is 0 Å². The highest BCUT2D eigenvalue weighted by Gasteiger charge is 2.27. The van der Waals surface area contributed by atoms with E-state index in [2.05, 4.69) is 45.1 Å². The highest BCUT2D eigenvalue weighted by Crippen LogP contribution is 2.37. The Kier molecular flexibility index (Phi) is 3.13. The largest absolute Gasteiger partial charge is 0.0808 e. The van der Waals surface area contributed by atoms with E-state index in [1.807, 2.05) is 0 Å². The minimum atomic E-state index is 0.171. The summed E-state index contributed by atoms with van der Waals surface area (Å²) in [5, 5.41) is 0. The molecule has 0 bridgehead atoms. The molecule has 0 fully saturated rings. The third-order valence-corrected chi connectivity index (χ3v) is 2.84. The van der Waals surface area contributed by atoms with Gasteiger partial charge in [0.15, 0.2) is 0 Å². The fraction of sp³-hybridized carbons (Fsp3) is 0.583. The Balaban J connectivity index is 2.57. The number of unbranched alkanes of at least 4 members (excludes halogenated alkanes) is 1. The summed E-state index contributed by atoms with van der Waals surface area (Å²) < 4.78 is 0. The molecular weight excluding hydrogens is 144 g/mol. The van der Waals surface area contributed by atoms with Crippen LogP contribution in [0.5, 0.6) is 0 Å². The van der Waals surface area contributed by atoms with E-state index in [0.717, 1.165) is 0 Å². The molecule has 1 aliphatic rings. The Hall–Kier alpha value is -0.520. The lowest BCUT2D eigenvalue weighted by Gasteiger charge is -2.32. The van der Waals surface area contributed by atoms with Gasteiger partial charge >= 0.3 is 0 Å². The average molecular weight is 163 g/mol. The van der Waals surface area contributed by atoms with Gasteiger partial charge in [0.05, 0.1) is 0 Å². The molecule has 1 rings (SSSR count). The van der Waals surface area contributed by atoms with Crippen LogP contribution in [-0.2, 0) is 0 Å². The van der Waals surface area contributed by atoms with Gasteiger partial charge in [0, 0.05) is 0 Å². The van der Waals surface area contributed by atoms with Gasteiger partial charge in [-0.1, -0.05) is 51.0 Å². The molecule has 0 spiro atoms. The Morgan fingerprint density at radius 1 is 1.42 bits per heavy atom. The van der Waals surface area contributed by atoms with Crippen LogP contribution in [0.25, 0.3) is 0 Å². The number of rotatable bonds is 3. The molecule has 0 saturated carbocycles. The second-order valence-electron chi connectivity index (χ2n) is 3.87. The van der Waals surface area contributed by atoms with E-state index >= 15 is 0 Å². The zero-order chi connectivity index (χ0) is 9.03. The van der Waals surface area contributed by atoms with E-state index in [9.17, 15) is 0 Å². The zero-order valence-corrected chi connectivity index (χ0v) is 8.22. The molecule has 1 radical (unpaired) electrons. The topological polar surface area (TPSA) is 0 Å². The van der Waals surface area contributed by atoms with E-state index in [4.69, 9.17) is 0 Å². The molecule has 0 nitrogen and oxygen atoms in total. The quantitative estimate of drug-likeness (QED) is 0.594. The van der Waals surface area contributed by atoms with E-state index in [1.165, 1.54) is 19.3 Å². The minimum Gasteiger partial charge on any atom is -0.0808 e. The molecule has 0 aromatic heterocycles. The van der Waals surface area contributed by atoms with Crippen molar-refractivity contribution in [2.24, 2.45) is 11.3 Å². The van der Waals surface area contributed by atoms with Gasteiger partial charge in [-0.2, -0.15) is 0 Å². The predicted molar refractivity (Wildman–Crippen MR) is 54.8 cm³/mol. The van der Waals surface area contributed by atoms with Crippen molar-refractivity contribution in [1.82, 2.24) is 0 Å². The van der Waals surface area contributed by atoms with Gasteiger partial charge in [-0.05, 0) is 24.7 Å². The van der Waals surface area contributed by atoms with Crippen LogP contribution in [0.4, 0.5) is 0 Å². The summed E-state index contributed by atoms with van der Waals surface area (Å²) in [5.41, 5.74) is 0.171. The lowest BCUT2D eigenvalue weighted by molar-refractivity contribution is 0.334. The predicted octanol–water partition coefficient (Wildman–Crippen LogP) is 3.76. The third-order valence-electron chi connectivity index (χ3n) is 2.84. The smallest absolute Gasteiger partial charge is 0.00546 e. The number of hydrogen-bond donors (Lipinski definition) is 0. The summed E-state index contributed by atoms with van der Waals surface area (Å²) in [6, 6.07) is 0. The van der Waals surface area contributed by atoms with E-state index in [-0.39, 0.29) is 5.41 Å². The van der Waals surface area contributed by atoms with Crippen LogP contribution in [0.3, 0.4) is 0 Å². The molecule has 0 aromatic rings. The summed E-state index contributed by atoms with van der Waals surface area (Å²) in [4.78, 5) is 0. The van der Waals surface area contributed by atoms with Crippen LogP contribution < -0.4 is 0 Å². The van der Waals surface area contributed by atoms with Crippen molar-refractivity contribution in [2.45, 2.75) is 33.1 Å². The zero-order valence-electron chi connectivity index (χ0n) is 8.22. The monoisotopic (exact) mass is 163 g/mol. The fourth-order valence-corrected chi connectivity index (χ4v) is 1.64. The van der Waals surface area contributed by atoms with Gasteiger partial charge in [-0.25, -0.2) is 0 Å². The molecule has 2 unspecified atom stereocenters. The Morgan fingerprint density at radius 2 is 2.17 bits per heavy atom. The van der Waals surface area contributed by atoms with Crippen molar-refractivity contribution in [2.75, 3.05) is 0 Å². The van der Waals surface area contributed by atoms with Gasteiger partial charge in [0.2, 0.25) is 0 Å². The lowest BCUT2D eigenvalue weighted by atomic mass is 9.72. The van der Waals surface area contributed by atoms with Gasteiger partial charge in [0.25, 0.3) is 0 Å². The normalized spacial score (nSPS) is 34.1. The van der Waals surface area contributed by atoms with Crippen molar-refractivity contribution in [1.29, 1.82) is 0 Å². The first-order valence-electron chi connectivity index (χ1n) is 4.90. The highest BCUT2D eigenvalue weighted by atomic mass is 14.3. The molecule has 67 valence electrons. The van der Waals surface area contributed by atoms with Crippen LogP contribution in [-0.4, -0.2) is 0 Å². The Morgan fingerprint density at radius 3 is 2.75 bits per heavy atom. The molecule has 0 heteroatoms. The van der Waals surface area contributed by atoms with Crippen LogP contribution in [0.15, 0.2) is 24.3 Å². The van der Waals surface area contributed by atoms with Crippen LogP contribution in [0.1, 0.15) is 33.1 Å². The van der Waals surface area contributed by atoms with Crippen molar-refractivity contribution in [3.05, 3.63) is 31.2 Å². The molecule has 2 atom stereocenters. The summed E-state index contributed by atoms with van der Waals surface area (Å²) >= 11 is 0. The fourth-order valence-electron chi connectivity index (χ4n) is 1.64. The minimum absolute atomic E-state index is 0.171. The first-order valence-corrected chi connectivity index (χ1v) is 4.90. The van der Waals surface area contributed by atoms with Crippen LogP contribution in [0, 0.1) is 18.3 Å². The summed E-state index contributed by atoms with van der Waals surface area (Å²) in [6.07, 6.45) is 12.5. The van der Waals surface area contributed by atoms with Crippen molar-refractivity contribution in [3.8, 4) is 0 Å². The van der Waals surface area contributed by atoms with Crippen LogP contribution >= 0.6 is 0 Å². The van der Waals surface area contributed by atoms with Gasteiger partial charge in [-0.3, -0.25) is 0 Å². The second-order valence-corrected chi connectivity index (χ2v) is 3.87. The first kappa shape index (κ1) is 9.57. The maximum atomic E-state index is 4.31. The first-order chi connectivity index (χ1) is 5.69. The molecule has 0 amide bonds. The average Bonchev–Trinajstić information content (AvgIpc) is 2.07. The van der Waals surface area contributed by atoms with Crippen molar-refractivity contribution < 1.29 is 0 Å². The Labute approximate surface area is 76.4 Å². The molecule has 0 aromatic carbocycles. The lowest BCUT2D eigenvalue weighted by Crippen LogP contribution is -2.23. The number of hydrogen-bond acceptors (Lipinski definition) is 0. The molecule has 0 saturated heterocycles. The van der Waals surface area contributed by atoms with E-state index < -0.39 is 0 Å². The molecule has 0 N–H and O–H groups in total. The summed E-state index contributed by atoms with van der Waals surface area (Å²) in [7, 11) is 0. The van der Waals surface area contributed by atoms with E-state index in [0.29, 0.717) is 5.92 Å². The summed E-state index contributed by atoms with van der Waals surface area (Å²) in [6.45, 7) is 8.79. The van der Waals surface area contributed by atoms with E-state index in [1.54, 1.807) is 0 Å². The maximum Gasteiger partial charge on any atom is -0.00546 e. The standard InChI is InChI=1S/C12H19/c1-4-5-9-12(3)10-7-6-8-11(12)2/h6-8,10-11H,3-5,9H2,1-2H3. The summed E-state index contributed by atoms with van der Waals surface area (Å²) in [5.74, 6) is 0.592. The molecule has 1 aliphatic carbocycles.